The number of benzene rings is 1. The molecule has 0 aromatic heterocycles. The third kappa shape index (κ3) is 9.77. The number of guanidine groups is 1. The number of hydrogen-bond acceptors (Lipinski definition) is 3. The Labute approximate surface area is 162 Å². The molecule has 0 unspecified atom stereocenters. The number of nitrogens with zero attached hydrogens (tertiary/aromatic N) is 1. The zero-order valence-electron chi connectivity index (χ0n) is 13.4. The van der Waals surface area contributed by atoms with Crippen LogP contribution >= 0.6 is 39.9 Å². The Hall–Kier alpha value is -0.870. The number of aliphatic imine (C=N–C) groups is 1. The van der Waals surface area contributed by atoms with Gasteiger partial charge in [0.2, 0.25) is 5.91 Å². The highest BCUT2D eigenvalue weighted by Gasteiger charge is 2.05. The van der Waals surface area contributed by atoms with E-state index in [1.165, 1.54) is 0 Å². The molecular formula is C15H24BrIN4O2. The molecular weight excluding hydrogens is 475 g/mol. The van der Waals surface area contributed by atoms with E-state index in [1.807, 2.05) is 32.0 Å². The fourth-order valence-corrected chi connectivity index (χ4v) is 2.03. The van der Waals surface area contributed by atoms with E-state index in [9.17, 15) is 4.79 Å². The van der Waals surface area contributed by atoms with Gasteiger partial charge in [-0.25, -0.2) is 4.99 Å². The molecule has 130 valence electrons. The van der Waals surface area contributed by atoms with Crippen LogP contribution in [0.3, 0.4) is 0 Å². The molecule has 0 saturated carbocycles. The van der Waals surface area contributed by atoms with E-state index in [0.29, 0.717) is 19.8 Å². The average molecular weight is 499 g/mol. The molecule has 4 N–H and O–H groups in total. The lowest BCUT2D eigenvalue weighted by Gasteiger charge is -2.08. The molecule has 0 bridgehead atoms. The van der Waals surface area contributed by atoms with Crippen LogP contribution in [0.2, 0.25) is 0 Å². The average Bonchev–Trinajstić information content (AvgIpc) is 2.49. The fraction of sp³-hybridized carbons (Fsp3) is 0.467. The van der Waals surface area contributed by atoms with Crippen molar-refractivity contribution >= 4 is 57.5 Å². The summed E-state index contributed by atoms with van der Waals surface area (Å²) in [7, 11) is 0. The Morgan fingerprint density at radius 1 is 1.43 bits per heavy atom. The number of ether oxygens (including phenoxy) is 1. The lowest BCUT2D eigenvalue weighted by atomic mass is 10.2. The zero-order valence-corrected chi connectivity index (χ0v) is 17.3. The molecule has 1 rings (SSSR count). The smallest absolute Gasteiger partial charge is 0.246 e. The second-order valence-electron chi connectivity index (χ2n) is 4.69. The van der Waals surface area contributed by atoms with Crippen LogP contribution in [0.25, 0.3) is 0 Å². The predicted molar refractivity (Wildman–Crippen MR) is 109 cm³/mol. The molecule has 0 fully saturated rings. The molecule has 0 aliphatic heterocycles. The van der Waals surface area contributed by atoms with E-state index in [1.54, 1.807) is 0 Å². The van der Waals surface area contributed by atoms with E-state index in [4.69, 9.17) is 10.5 Å². The van der Waals surface area contributed by atoms with Crippen LogP contribution in [0.15, 0.2) is 27.7 Å². The lowest BCUT2D eigenvalue weighted by Crippen LogP contribution is -2.34. The highest BCUT2D eigenvalue weighted by atomic mass is 127. The number of rotatable bonds is 8. The molecule has 0 radical (unpaired) electrons. The fourth-order valence-electron chi connectivity index (χ4n) is 1.67. The summed E-state index contributed by atoms with van der Waals surface area (Å²) in [6.07, 6.45) is 0.841. The lowest BCUT2D eigenvalue weighted by molar-refractivity contribution is -0.114. The number of aryl methyl sites for hydroxylation is 1. The van der Waals surface area contributed by atoms with Gasteiger partial charge in [-0.2, -0.15) is 0 Å². The molecule has 0 heterocycles. The molecule has 0 aliphatic rings. The van der Waals surface area contributed by atoms with Crippen molar-refractivity contribution in [2.45, 2.75) is 20.3 Å². The number of halogens is 2. The molecule has 1 aromatic rings. The summed E-state index contributed by atoms with van der Waals surface area (Å²) in [5.74, 6) is 0.0536. The van der Waals surface area contributed by atoms with Gasteiger partial charge >= 0.3 is 0 Å². The first-order valence-electron chi connectivity index (χ1n) is 7.20. The maximum Gasteiger partial charge on any atom is 0.246 e. The molecule has 1 amide bonds. The monoisotopic (exact) mass is 498 g/mol. The number of nitrogens with one attached hydrogen (secondary N) is 2. The number of carbonyl (C=O) groups is 1. The first-order chi connectivity index (χ1) is 10.5. The van der Waals surface area contributed by atoms with Gasteiger partial charge in [-0.1, -0.05) is 22.0 Å². The van der Waals surface area contributed by atoms with E-state index < -0.39 is 0 Å². The molecule has 6 nitrogen and oxygen atoms in total. The summed E-state index contributed by atoms with van der Waals surface area (Å²) in [4.78, 5) is 15.9. The molecule has 8 heteroatoms. The van der Waals surface area contributed by atoms with Crippen molar-refractivity contribution in [1.29, 1.82) is 0 Å². The van der Waals surface area contributed by atoms with Crippen molar-refractivity contribution in [3.8, 4) is 0 Å². The first-order valence-corrected chi connectivity index (χ1v) is 7.99. The summed E-state index contributed by atoms with van der Waals surface area (Å²) in [5, 5.41) is 5.75. The van der Waals surface area contributed by atoms with Crippen LogP contribution in [0, 0.1) is 6.92 Å². The van der Waals surface area contributed by atoms with Gasteiger partial charge in [0.05, 0.1) is 0 Å². The number of carbonyl (C=O) groups excluding carboxylic acids is 1. The van der Waals surface area contributed by atoms with Crippen molar-refractivity contribution in [2.75, 3.05) is 31.6 Å². The molecule has 0 atom stereocenters. The summed E-state index contributed by atoms with van der Waals surface area (Å²) in [5.41, 5.74) is 7.45. The van der Waals surface area contributed by atoms with E-state index in [-0.39, 0.29) is 42.4 Å². The van der Waals surface area contributed by atoms with Crippen LogP contribution < -0.4 is 16.4 Å². The summed E-state index contributed by atoms with van der Waals surface area (Å²) in [6.45, 7) is 5.92. The maximum atomic E-state index is 11.9. The van der Waals surface area contributed by atoms with Gasteiger partial charge in [0.25, 0.3) is 0 Å². The minimum atomic E-state index is -0.208. The Morgan fingerprint density at radius 3 is 2.87 bits per heavy atom. The van der Waals surface area contributed by atoms with Crippen molar-refractivity contribution in [2.24, 2.45) is 10.7 Å². The van der Waals surface area contributed by atoms with E-state index >= 15 is 0 Å². The highest BCUT2D eigenvalue weighted by molar-refractivity contribution is 14.0. The Kier molecular flexibility index (Phi) is 12.1. The van der Waals surface area contributed by atoms with Crippen LogP contribution in [0.4, 0.5) is 5.69 Å². The summed E-state index contributed by atoms with van der Waals surface area (Å²) >= 11 is 3.38. The number of nitrogens with two attached hydrogens (primary N) is 1. The third-order valence-electron chi connectivity index (χ3n) is 2.84. The Bertz CT molecular complexity index is 526. The minimum Gasteiger partial charge on any atom is -0.382 e. The Morgan fingerprint density at radius 2 is 2.17 bits per heavy atom. The van der Waals surface area contributed by atoms with Crippen molar-refractivity contribution < 1.29 is 9.53 Å². The SMILES string of the molecule is CCOCCCNC(N)=NCC(=O)Nc1cc(Br)ccc1C.I. The minimum absolute atomic E-state index is 0. The normalized spacial score (nSPS) is 10.8. The van der Waals surface area contributed by atoms with Gasteiger partial charge in [-0.3, -0.25) is 4.79 Å². The van der Waals surface area contributed by atoms with Crippen molar-refractivity contribution in [3.05, 3.63) is 28.2 Å². The molecule has 1 aromatic carbocycles. The van der Waals surface area contributed by atoms with Gasteiger partial charge < -0.3 is 21.1 Å². The van der Waals surface area contributed by atoms with Gasteiger partial charge in [0, 0.05) is 29.9 Å². The van der Waals surface area contributed by atoms with E-state index in [0.717, 1.165) is 22.1 Å². The maximum absolute atomic E-state index is 11.9. The molecule has 0 aliphatic carbocycles. The number of amides is 1. The zero-order chi connectivity index (χ0) is 16.4. The molecule has 0 spiro atoms. The largest absolute Gasteiger partial charge is 0.382 e. The van der Waals surface area contributed by atoms with Gasteiger partial charge in [-0.15, -0.1) is 24.0 Å². The standard InChI is InChI=1S/C15H23BrN4O2.HI/c1-3-22-8-4-7-18-15(17)19-10-14(21)20-13-9-12(16)6-5-11(13)2;/h5-6,9H,3-4,7-8,10H2,1-2H3,(H,20,21)(H3,17,18,19);1H. The second kappa shape index (κ2) is 12.5. The van der Waals surface area contributed by atoms with Crippen LogP contribution in [0.5, 0.6) is 0 Å². The quantitative estimate of drug-likeness (QED) is 0.222. The van der Waals surface area contributed by atoms with Crippen LogP contribution in [-0.4, -0.2) is 38.2 Å². The van der Waals surface area contributed by atoms with Crippen molar-refractivity contribution in [1.82, 2.24) is 5.32 Å². The summed E-state index contributed by atoms with van der Waals surface area (Å²) in [6, 6.07) is 5.71. The number of anilines is 1. The summed E-state index contributed by atoms with van der Waals surface area (Å²) < 4.78 is 6.12. The first kappa shape index (κ1) is 22.1. The van der Waals surface area contributed by atoms with Crippen LogP contribution in [-0.2, 0) is 9.53 Å². The number of hydrogen-bond donors (Lipinski definition) is 3. The highest BCUT2D eigenvalue weighted by Crippen LogP contribution is 2.20. The molecule has 23 heavy (non-hydrogen) atoms. The predicted octanol–water partition coefficient (Wildman–Crippen LogP) is 2.64. The van der Waals surface area contributed by atoms with Gasteiger partial charge in [0.15, 0.2) is 5.96 Å². The van der Waals surface area contributed by atoms with E-state index in [2.05, 4.69) is 31.6 Å². The second-order valence-corrected chi connectivity index (χ2v) is 5.60. The van der Waals surface area contributed by atoms with Crippen LogP contribution in [0.1, 0.15) is 18.9 Å². The van der Waals surface area contributed by atoms with Gasteiger partial charge in [-0.05, 0) is 38.0 Å². The third-order valence-corrected chi connectivity index (χ3v) is 3.34. The molecule has 0 saturated heterocycles. The van der Waals surface area contributed by atoms with Gasteiger partial charge in [0.1, 0.15) is 6.54 Å². The Balaban J connectivity index is 0.00000484. The van der Waals surface area contributed by atoms with Crippen molar-refractivity contribution in [3.63, 3.8) is 0 Å². The topological polar surface area (TPSA) is 88.7 Å².